The van der Waals surface area contributed by atoms with Crippen LogP contribution in [0.4, 0.5) is 26.2 Å². The van der Waals surface area contributed by atoms with Crippen LogP contribution in [-0.2, 0) is 0 Å². The molecule has 0 fully saturated rings. The number of pyridine rings is 1. The minimum absolute atomic E-state index is 0.235. The van der Waals surface area contributed by atoms with Gasteiger partial charge in [-0.3, -0.25) is 4.57 Å². The van der Waals surface area contributed by atoms with Gasteiger partial charge in [-0.05, 0) is 6.92 Å². The Morgan fingerprint density at radius 2 is 2.07 bits per heavy atom. The number of aromatic nitrogens is 5. The Kier molecular flexibility index (Phi) is 5.10. The Hall–Kier alpha value is -3.50. The topological polar surface area (TPSA) is 90.2 Å². The van der Waals surface area contributed by atoms with Crippen molar-refractivity contribution in [3.8, 4) is 17.3 Å². The van der Waals surface area contributed by atoms with Gasteiger partial charge in [0.1, 0.15) is 12.9 Å². The van der Waals surface area contributed by atoms with Crippen molar-refractivity contribution in [1.29, 1.82) is 0 Å². The van der Waals surface area contributed by atoms with Crippen LogP contribution in [-0.4, -0.2) is 57.2 Å². The van der Waals surface area contributed by atoms with Gasteiger partial charge in [0.05, 0.1) is 44.0 Å². The third-order valence-electron chi connectivity index (χ3n) is 4.39. The minimum atomic E-state index is -2.86. The molecule has 9 nitrogen and oxygen atoms in total. The average Bonchev–Trinajstić information content (AvgIpc) is 3.13. The number of halogens is 2. The summed E-state index contributed by atoms with van der Waals surface area (Å²) in [6.07, 6.45) is 6.56. The molecule has 4 heterocycles. The fraction of sp³-hybridized carbons (Fsp3) is 0.368. The summed E-state index contributed by atoms with van der Waals surface area (Å²) < 4.78 is 39.8. The van der Waals surface area contributed by atoms with E-state index >= 15 is 0 Å². The zero-order valence-electron chi connectivity index (χ0n) is 16.8. The highest BCUT2D eigenvalue weighted by atomic mass is 19.3. The lowest BCUT2D eigenvalue weighted by Gasteiger charge is -2.31. The Morgan fingerprint density at radius 1 is 1.23 bits per heavy atom. The third kappa shape index (κ3) is 4.24. The highest BCUT2D eigenvalue weighted by molar-refractivity contribution is 5.62. The van der Waals surface area contributed by atoms with E-state index < -0.39 is 12.5 Å². The standard InChI is InChI=1S/C19H21F2N7O2/c1-12-9-28(11-24-12)16-14(29-3)6-13(7-22-16)25-18-23-8-15-17(26-18)27(4-5-30-15)10-19(2,20)21/h6-9,11H,4-5,10H2,1-3H3,(H,23,25,26). The number of aryl methyl sites for hydroxylation is 1. The quantitative estimate of drug-likeness (QED) is 0.655. The fourth-order valence-electron chi connectivity index (χ4n) is 3.13. The van der Waals surface area contributed by atoms with Crippen LogP contribution in [0.15, 0.2) is 31.0 Å². The maximum atomic E-state index is 13.5. The summed E-state index contributed by atoms with van der Waals surface area (Å²) in [7, 11) is 1.55. The van der Waals surface area contributed by atoms with Gasteiger partial charge in [-0.15, -0.1) is 0 Å². The molecule has 0 aromatic carbocycles. The molecule has 0 radical (unpaired) electrons. The molecule has 0 aliphatic carbocycles. The molecular weight excluding hydrogens is 396 g/mol. The molecule has 4 rings (SSSR count). The summed E-state index contributed by atoms with van der Waals surface area (Å²) in [4.78, 5) is 18.7. The molecule has 1 aliphatic rings. The molecule has 0 amide bonds. The van der Waals surface area contributed by atoms with E-state index in [1.165, 1.54) is 11.1 Å². The minimum Gasteiger partial charge on any atom is -0.493 e. The molecule has 0 saturated heterocycles. The lowest BCUT2D eigenvalue weighted by Crippen LogP contribution is -2.40. The smallest absolute Gasteiger partial charge is 0.262 e. The van der Waals surface area contributed by atoms with Gasteiger partial charge >= 0.3 is 0 Å². The normalized spacial score (nSPS) is 13.6. The van der Waals surface area contributed by atoms with Gasteiger partial charge in [-0.1, -0.05) is 0 Å². The van der Waals surface area contributed by atoms with Crippen LogP contribution in [0.25, 0.3) is 5.82 Å². The highest BCUT2D eigenvalue weighted by Gasteiger charge is 2.30. The molecule has 0 atom stereocenters. The second-order valence-corrected chi connectivity index (χ2v) is 7.02. The Labute approximate surface area is 171 Å². The van der Waals surface area contributed by atoms with Gasteiger partial charge in [0, 0.05) is 19.2 Å². The van der Waals surface area contributed by atoms with E-state index in [0.717, 1.165) is 12.6 Å². The maximum absolute atomic E-state index is 13.5. The van der Waals surface area contributed by atoms with E-state index in [1.807, 2.05) is 13.1 Å². The van der Waals surface area contributed by atoms with Gasteiger partial charge in [0.15, 0.2) is 23.1 Å². The first-order valence-electron chi connectivity index (χ1n) is 9.27. The predicted octanol–water partition coefficient (Wildman–Crippen LogP) is 2.97. The van der Waals surface area contributed by atoms with E-state index in [9.17, 15) is 8.78 Å². The maximum Gasteiger partial charge on any atom is 0.262 e. The van der Waals surface area contributed by atoms with Crippen molar-refractivity contribution in [3.05, 3.63) is 36.7 Å². The molecule has 11 heteroatoms. The van der Waals surface area contributed by atoms with E-state index in [0.29, 0.717) is 42.0 Å². The number of anilines is 3. The number of rotatable bonds is 6. The Balaban J connectivity index is 1.59. The number of ether oxygens (including phenoxy) is 2. The first-order chi connectivity index (χ1) is 14.3. The molecule has 1 aliphatic heterocycles. The molecule has 0 spiro atoms. The van der Waals surface area contributed by atoms with E-state index in [4.69, 9.17) is 9.47 Å². The summed E-state index contributed by atoms with van der Waals surface area (Å²) in [5.74, 6) is -0.820. The number of hydrogen-bond acceptors (Lipinski definition) is 8. The summed E-state index contributed by atoms with van der Waals surface area (Å²) in [6.45, 7) is 2.93. The molecule has 0 unspecified atom stereocenters. The largest absolute Gasteiger partial charge is 0.493 e. The highest BCUT2D eigenvalue weighted by Crippen LogP contribution is 2.32. The average molecular weight is 417 g/mol. The summed E-state index contributed by atoms with van der Waals surface area (Å²) in [5.41, 5.74) is 1.43. The van der Waals surface area contributed by atoms with E-state index in [-0.39, 0.29) is 5.95 Å². The zero-order chi connectivity index (χ0) is 21.3. The van der Waals surface area contributed by atoms with Gasteiger partial charge < -0.3 is 19.7 Å². The number of methoxy groups -OCH3 is 1. The fourth-order valence-corrected chi connectivity index (χ4v) is 3.13. The summed E-state index contributed by atoms with van der Waals surface area (Å²) in [5, 5.41) is 3.04. The van der Waals surface area contributed by atoms with Crippen molar-refractivity contribution in [2.45, 2.75) is 19.8 Å². The van der Waals surface area contributed by atoms with Crippen molar-refractivity contribution in [2.24, 2.45) is 0 Å². The van der Waals surface area contributed by atoms with Gasteiger partial charge in [-0.2, -0.15) is 4.98 Å². The Morgan fingerprint density at radius 3 is 2.77 bits per heavy atom. The molecule has 158 valence electrons. The molecule has 30 heavy (non-hydrogen) atoms. The van der Waals surface area contributed by atoms with E-state index in [2.05, 4.69) is 25.3 Å². The monoisotopic (exact) mass is 417 g/mol. The number of hydrogen-bond donors (Lipinski definition) is 1. The number of nitrogens with zero attached hydrogens (tertiary/aromatic N) is 6. The first-order valence-corrected chi connectivity index (χ1v) is 9.27. The van der Waals surface area contributed by atoms with Crippen LogP contribution in [0.5, 0.6) is 11.5 Å². The SMILES string of the molecule is COc1cc(Nc2ncc3c(n2)N(CC(C)(F)F)CCO3)cnc1-n1cnc(C)c1. The van der Waals surface area contributed by atoms with Crippen LogP contribution in [0, 0.1) is 6.92 Å². The Bertz CT molecular complexity index is 1050. The summed E-state index contributed by atoms with van der Waals surface area (Å²) >= 11 is 0. The van der Waals surface area contributed by atoms with Crippen molar-refractivity contribution in [3.63, 3.8) is 0 Å². The lowest BCUT2D eigenvalue weighted by atomic mass is 10.3. The molecule has 0 saturated carbocycles. The molecule has 3 aromatic heterocycles. The first kappa shape index (κ1) is 19.8. The second kappa shape index (κ2) is 7.73. The number of imidazole rings is 1. The second-order valence-electron chi connectivity index (χ2n) is 7.02. The van der Waals surface area contributed by atoms with Crippen LogP contribution in [0.1, 0.15) is 12.6 Å². The van der Waals surface area contributed by atoms with Gasteiger partial charge in [0.25, 0.3) is 5.92 Å². The number of nitrogens with one attached hydrogen (secondary N) is 1. The number of alkyl halides is 2. The number of fused-ring (bicyclic) bond motifs is 1. The van der Waals surface area contributed by atoms with Crippen LogP contribution in [0.3, 0.4) is 0 Å². The van der Waals surface area contributed by atoms with Crippen molar-refractivity contribution < 1.29 is 18.3 Å². The lowest BCUT2D eigenvalue weighted by molar-refractivity contribution is 0.0284. The van der Waals surface area contributed by atoms with Crippen molar-refractivity contribution >= 4 is 17.5 Å². The van der Waals surface area contributed by atoms with Crippen LogP contribution in [0.2, 0.25) is 0 Å². The third-order valence-corrected chi connectivity index (χ3v) is 4.39. The zero-order valence-corrected chi connectivity index (χ0v) is 16.8. The molecule has 3 aromatic rings. The molecule has 0 bridgehead atoms. The molecule has 1 N–H and O–H groups in total. The summed E-state index contributed by atoms with van der Waals surface area (Å²) in [6, 6.07) is 1.74. The van der Waals surface area contributed by atoms with Crippen molar-refractivity contribution in [2.75, 3.05) is 37.0 Å². The van der Waals surface area contributed by atoms with Crippen molar-refractivity contribution in [1.82, 2.24) is 24.5 Å². The predicted molar refractivity (Wildman–Crippen MR) is 106 cm³/mol. The van der Waals surface area contributed by atoms with E-state index in [1.54, 1.807) is 30.3 Å². The van der Waals surface area contributed by atoms with Gasteiger partial charge in [0.2, 0.25) is 5.95 Å². The van der Waals surface area contributed by atoms with Crippen LogP contribution >= 0.6 is 0 Å². The molecular formula is C19H21F2N7O2. The van der Waals surface area contributed by atoms with Gasteiger partial charge in [-0.25, -0.2) is 23.7 Å². The van der Waals surface area contributed by atoms with Crippen LogP contribution < -0.4 is 19.7 Å².